The van der Waals surface area contributed by atoms with Gasteiger partial charge < -0.3 is 19.5 Å². The molecular formula is C26H22N2O5. The third-order valence-electron chi connectivity index (χ3n) is 5.98. The van der Waals surface area contributed by atoms with Crippen LogP contribution in [0.3, 0.4) is 0 Å². The van der Waals surface area contributed by atoms with Gasteiger partial charge in [0.2, 0.25) is 0 Å². The highest BCUT2D eigenvalue weighted by Crippen LogP contribution is 2.40. The maximum Gasteiger partial charge on any atom is 0.296 e. The molecule has 0 aliphatic carbocycles. The second kappa shape index (κ2) is 8.43. The number of hydrogen-bond donors (Lipinski definition) is 1. The van der Waals surface area contributed by atoms with E-state index in [0.717, 1.165) is 23.3 Å². The maximum absolute atomic E-state index is 13.2. The van der Waals surface area contributed by atoms with Crippen LogP contribution in [0.1, 0.15) is 28.4 Å². The molecule has 0 radical (unpaired) electrons. The van der Waals surface area contributed by atoms with E-state index in [4.69, 9.17) is 9.47 Å². The molecular weight excluding hydrogens is 420 g/mol. The summed E-state index contributed by atoms with van der Waals surface area (Å²) in [5.74, 6) is -0.146. The first-order chi connectivity index (χ1) is 16.1. The third-order valence-corrected chi connectivity index (χ3v) is 5.98. The minimum Gasteiger partial charge on any atom is -0.507 e. The lowest BCUT2D eigenvalue weighted by molar-refractivity contribution is -0.140. The zero-order valence-corrected chi connectivity index (χ0v) is 18.0. The van der Waals surface area contributed by atoms with Crippen LogP contribution in [0.2, 0.25) is 0 Å². The Kier molecular flexibility index (Phi) is 5.30. The summed E-state index contributed by atoms with van der Waals surface area (Å²) in [7, 11) is 1.58. The molecule has 1 saturated heterocycles. The number of ketones is 1. The summed E-state index contributed by atoms with van der Waals surface area (Å²) in [5.41, 5.74) is 2.80. The van der Waals surface area contributed by atoms with Crippen molar-refractivity contribution in [2.45, 2.75) is 19.0 Å². The van der Waals surface area contributed by atoms with Crippen molar-refractivity contribution in [2.24, 2.45) is 0 Å². The first-order valence-electron chi connectivity index (χ1n) is 10.6. The third kappa shape index (κ3) is 3.71. The zero-order valence-electron chi connectivity index (χ0n) is 18.0. The van der Waals surface area contributed by atoms with E-state index in [2.05, 4.69) is 4.98 Å². The Morgan fingerprint density at radius 1 is 1.15 bits per heavy atom. The van der Waals surface area contributed by atoms with Crippen LogP contribution >= 0.6 is 0 Å². The van der Waals surface area contributed by atoms with E-state index in [9.17, 15) is 14.7 Å². The number of hydrogen-bond acceptors (Lipinski definition) is 6. The van der Waals surface area contributed by atoms with Crippen LogP contribution < -0.4 is 9.47 Å². The van der Waals surface area contributed by atoms with Crippen molar-refractivity contribution in [3.8, 4) is 11.5 Å². The van der Waals surface area contributed by atoms with Gasteiger partial charge in [0.15, 0.2) is 0 Å². The SMILES string of the molecule is COc1ccc(CN2C(=O)C(=O)/C(=C(\O)c3ccc4c(c3)CCO4)C2c2ccccn2)cc1. The molecule has 3 aromatic rings. The summed E-state index contributed by atoms with van der Waals surface area (Å²) in [5, 5.41) is 11.2. The second-order valence-electron chi connectivity index (χ2n) is 7.95. The molecule has 0 spiro atoms. The van der Waals surface area contributed by atoms with E-state index < -0.39 is 17.7 Å². The molecule has 2 aliphatic heterocycles. The highest BCUT2D eigenvalue weighted by atomic mass is 16.5. The fourth-order valence-corrected chi connectivity index (χ4v) is 4.31. The van der Waals surface area contributed by atoms with Crippen molar-refractivity contribution in [2.75, 3.05) is 13.7 Å². The Morgan fingerprint density at radius 2 is 1.97 bits per heavy atom. The number of likely N-dealkylation sites (tertiary alicyclic amines) is 1. The molecule has 1 unspecified atom stereocenters. The van der Waals surface area contributed by atoms with Gasteiger partial charge in [0.1, 0.15) is 23.3 Å². The van der Waals surface area contributed by atoms with Crippen molar-refractivity contribution < 1.29 is 24.2 Å². The van der Waals surface area contributed by atoms with E-state index in [1.165, 1.54) is 4.90 Å². The lowest BCUT2D eigenvalue weighted by Gasteiger charge is -2.24. The van der Waals surface area contributed by atoms with Gasteiger partial charge in [-0.3, -0.25) is 14.6 Å². The molecule has 7 heteroatoms. The van der Waals surface area contributed by atoms with Crippen LogP contribution in [-0.4, -0.2) is 40.4 Å². The molecule has 1 N–H and O–H groups in total. The fourth-order valence-electron chi connectivity index (χ4n) is 4.31. The number of carbonyl (C=O) groups excluding carboxylic acids is 2. The van der Waals surface area contributed by atoms with Gasteiger partial charge in [-0.25, -0.2) is 0 Å². The minimum atomic E-state index is -0.808. The van der Waals surface area contributed by atoms with Gasteiger partial charge in [0.25, 0.3) is 11.7 Å². The molecule has 2 aliphatic rings. The number of pyridine rings is 1. The predicted octanol–water partition coefficient (Wildman–Crippen LogP) is 3.65. The summed E-state index contributed by atoms with van der Waals surface area (Å²) in [6, 6.07) is 17.1. The Labute approximate surface area is 190 Å². The summed E-state index contributed by atoms with van der Waals surface area (Å²) in [6.07, 6.45) is 2.33. The highest BCUT2D eigenvalue weighted by Gasteiger charge is 2.46. The number of benzene rings is 2. The molecule has 7 nitrogen and oxygen atoms in total. The molecule has 3 heterocycles. The number of carbonyl (C=O) groups is 2. The quantitative estimate of drug-likeness (QED) is 0.369. The first-order valence-corrected chi connectivity index (χ1v) is 10.6. The van der Waals surface area contributed by atoms with Crippen LogP contribution in [0, 0.1) is 0 Å². The molecule has 2 aromatic carbocycles. The van der Waals surface area contributed by atoms with Crippen molar-refractivity contribution >= 4 is 17.4 Å². The van der Waals surface area contributed by atoms with E-state index in [1.54, 1.807) is 55.8 Å². The Morgan fingerprint density at radius 3 is 2.70 bits per heavy atom. The van der Waals surface area contributed by atoms with Gasteiger partial charge in [0, 0.05) is 24.7 Å². The molecule has 1 aromatic heterocycles. The highest BCUT2D eigenvalue weighted by molar-refractivity contribution is 6.46. The van der Waals surface area contributed by atoms with Gasteiger partial charge in [-0.2, -0.15) is 0 Å². The topological polar surface area (TPSA) is 89.0 Å². The Hall–Kier alpha value is -4.13. The molecule has 1 amide bonds. The number of nitrogens with zero attached hydrogens (tertiary/aromatic N) is 2. The van der Waals surface area contributed by atoms with Crippen LogP contribution in [0.5, 0.6) is 11.5 Å². The standard InChI is InChI=1S/C26H22N2O5/c1-32-19-8-5-16(6-9-19)15-28-23(20-4-2-3-12-27-20)22(25(30)26(28)31)24(29)18-7-10-21-17(14-18)11-13-33-21/h2-10,12,14,23,29H,11,13,15H2,1H3/b24-22-. The van der Waals surface area contributed by atoms with Gasteiger partial charge in [-0.15, -0.1) is 0 Å². The largest absolute Gasteiger partial charge is 0.507 e. The zero-order chi connectivity index (χ0) is 22.9. The molecule has 33 heavy (non-hydrogen) atoms. The average Bonchev–Trinajstić information content (AvgIpc) is 3.42. The summed E-state index contributed by atoms with van der Waals surface area (Å²) >= 11 is 0. The molecule has 0 saturated carbocycles. The lowest BCUT2D eigenvalue weighted by atomic mass is 9.97. The first kappa shape index (κ1) is 20.8. The number of fused-ring (bicyclic) bond motifs is 1. The van der Waals surface area contributed by atoms with Gasteiger partial charge in [-0.05, 0) is 53.6 Å². The van der Waals surface area contributed by atoms with Crippen molar-refractivity contribution in [3.63, 3.8) is 0 Å². The molecule has 1 fully saturated rings. The summed E-state index contributed by atoms with van der Waals surface area (Å²) in [6.45, 7) is 0.768. The van der Waals surface area contributed by atoms with Crippen LogP contribution in [0.4, 0.5) is 0 Å². The van der Waals surface area contributed by atoms with Crippen LogP contribution in [-0.2, 0) is 22.6 Å². The van der Waals surface area contributed by atoms with Gasteiger partial charge in [-0.1, -0.05) is 18.2 Å². The number of methoxy groups -OCH3 is 1. The number of aromatic nitrogens is 1. The smallest absolute Gasteiger partial charge is 0.296 e. The van der Waals surface area contributed by atoms with Crippen LogP contribution in [0.25, 0.3) is 5.76 Å². The Balaban J connectivity index is 1.59. The number of aliphatic hydroxyl groups is 1. The molecule has 1 atom stereocenters. The number of Topliss-reactive ketones (excluding diaryl/α,β-unsaturated/α-hetero) is 1. The van der Waals surface area contributed by atoms with E-state index in [1.807, 2.05) is 18.2 Å². The average molecular weight is 442 g/mol. The number of rotatable bonds is 5. The van der Waals surface area contributed by atoms with Crippen molar-refractivity contribution in [3.05, 3.63) is 94.8 Å². The predicted molar refractivity (Wildman–Crippen MR) is 121 cm³/mol. The summed E-state index contributed by atoms with van der Waals surface area (Å²) < 4.78 is 10.7. The minimum absolute atomic E-state index is 0.0334. The van der Waals surface area contributed by atoms with E-state index in [0.29, 0.717) is 23.6 Å². The van der Waals surface area contributed by atoms with E-state index >= 15 is 0 Å². The van der Waals surface area contributed by atoms with Crippen molar-refractivity contribution in [1.29, 1.82) is 0 Å². The normalized spacial score (nSPS) is 18.8. The maximum atomic E-state index is 13.2. The van der Waals surface area contributed by atoms with Gasteiger partial charge in [0.05, 0.1) is 25.0 Å². The van der Waals surface area contributed by atoms with Crippen molar-refractivity contribution in [1.82, 2.24) is 9.88 Å². The van der Waals surface area contributed by atoms with E-state index in [-0.39, 0.29) is 17.9 Å². The number of ether oxygens (including phenoxy) is 2. The molecule has 0 bridgehead atoms. The fraction of sp³-hybridized carbons (Fsp3) is 0.192. The number of amides is 1. The second-order valence-corrected chi connectivity index (χ2v) is 7.95. The molecule has 166 valence electrons. The van der Waals surface area contributed by atoms with Crippen LogP contribution in [0.15, 0.2) is 72.4 Å². The molecule has 5 rings (SSSR count). The van der Waals surface area contributed by atoms with Gasteiger partial charge >= 0.3 is 0 Å². The monoisotopic (exact) mass is 442 g/mol. The Bertz CT molecular complexity index is 1250. The number of aliphatic hydroxyl groups excluding tert-OH is 1. The lowest BCUT2D eigenvalue weighted by Crippen LogP contribution is -2.29. The summed E-state index contributed by atoms with van der Waals surface area (Å²) in [4.78, 5) is 32.1.